The number of nitrogens with zero attached hydrogens (tertiary/aromatic N) is 4. The first-order valence-electron chi connectivity index (χ1n) is 7.41. The molecular formula is C17H12ClN5OS. The Bertz CT molecular complexity index is 1040. The average Bonchev–Trinajstić information content (AvgIpc) is 3.10. The number of hydrazine groups is 1. The maximum atomic E-state index is 10.8. The minimum atomic E-state index is -0.548. The lowest BCUT2D eigenvalue weighted by atomic mass is 10.0. The summed E-state index contributed by atoms with van der Waals surface area (Å²) in [5, 5.41) is 26.5. The van der Waals surface area contributed by atoms with Crippen molar-refractivity contribution in [1.82, 2.24) is 15.4 Å². The molecule has 0 spiro atoms. The highest BCUT2D eigenvalue weighted by atomic mass is 35.5. The van der Waals surface area contributed by atoms with Gasteiger partial charge in [0.2, 0.25) is 0 Å². The van der Waals surface area contributed by atoms with Crippen LogP contribution in [0.1, 0.15) is 17.3 Å². The van der Waals surface area contributed by atoms with Crippen molar-refractivity contribution in [3.8, 4) is 6.07 Å². The van der Waals surface area contributed by atoms with E-state index in [4.69, 9.17) is 11.6 Å². The predicted molar refractivity (Wildman–Crippen MR) is 98.3 cm³/mol. The van der Waals surface area contributed by atoms with Crippen LogP contribution in [-0.2, 0) is 0 Å². The second kappa shape index (κ2) is 6.01. The van der Waals surface area contributed by atoms with Crippen LogP contribution in [0.2, 0.25) is 5.02 Å². The van der Waals surface area contributed by atoms with Gasteiger partial charge in [-0.15, -0.1) is 0 Å². The topological polar surface area (TPSA) is 85.1 Å². The van der Waals surface area contributed by atoms with E-state index in [-0.39, 0.29) is 11.3 Å². The summed E-state index contributed by atoms with van der Waals surface area (Å²) in [7, 11) is 1.78. The van der Waals surface area contributed by atoms with Gasteiger partial charge < -0.3 is 5.11 Å². The van der Waals surface area contributed by atoms with Gasteiger partial charge in [-0.2, -0.15) is 16.6 Å². The van der Waals surface area contributed by atoms with Crippen molar-refractivity contribution >= 4 is 45.4 Å². The molecule has 1 aromatic carbocycles. The fraction of sp³-hybridized carbons (Fsp3) is 0.118. The molecule has 0 amide bonds. The van der Waals surface area contributed by atoms with Crippen molar-refractivity contribution in [2.75, 3.05) is 12.1 Å². The number of hydrogen-bond donors (Lipinski definition) is 2. The van der Waals surface area contributed by atoms with Gasteiger partial charge >= 0.3 is 0 Å². The van der Waals surface area contributed by atoms with Crippen LogP contribution < -0.4 is 10.4 Å². The number of halogens is 1. The molecule has 0 bridgehead atoms. The number of hydrogen-bond acceptors (Lipinski definition) is 7. The Hall–Kier alpha value is -2.66. The minimum absolute atomic E-state index is 0.0813. The number of aromatic nitrogens is 2. The van der Waals surface area contributed by atoms with Crippen LogP contribution in [0, 0.1) is 11.3 Å². The molecule has 1 unspecified atom stereocenters. The molecule has 8 heteroatoms. The highest BCUT2D eigenvalue weighted by Crippen LogP contribution is 2.35. The molecule has 0 saturated carbocycles. The Kier molecular flexibility index (Phi) is 3.81. The van der Waals surface area contributed by atoms with Crippen LogP contribution in [-0.4, -0.2) is 22.1 Å². The van der Waals surface area contributed by atoms with Gasteiger partial charge in [-0.25, -0.2) is 15.4 Å². The van der Waals surface area contributed by atoms with E-state index in [1.807, 2.05) is 16.8 Å². The molecule has 1 aliphatic heterocycles. The third-order valence-corrected chi connectivity index (χ3v) is 4.94. The highest BCUT2D eigenvalue weighted by molar-refractivity contribution is 7.08. The molecule has 0 aliphatic carbocycles. The minimum Gasteiger partial charge on any atom is -0.509 e. The van der Waals surface area contributed by atoms with Gasteiger partial charge in [0, 0.05) is 12.1 Å². The number of benzene rings is 1. The maximum Gasteiger partial charge on any atom is 0.170 e. The van der Waals surface area contributed by atoms with E-state index >= 15 is 0 Å². The number of nitrogens with one attached hydrogen (secondary N) is 1. The molecule has 1 aliphatic rings. The number of aliphatic hydroxyl groups is 1. The summed E-state index contributed by atoms with van der Waals surface area (Å²) in [4.78, 5) is 9.13. The van der Waals surface area contributed by atoms with Gasteiger partial charge in [0.1, 0.15) is 29.1 Å². The van der Waals surface area contributed by atoms with Crippen molar-refractivity contribution in [2.45, 2.75) is 6.04 Å². The molecule has 4 rings (SSSR count). The lowest BCUT2D eigenvalue weighted by Gasteiger charge is -2.23. The number of aliphatic hydroxyl groups excluding tert-OH is 1. The van der Waals surface area contributed by atoms with Gasteiger partial charge in [-0.05, 0) is 40.6 Å². The average molecular weight is 370 g/mol. The maximum absolute atomic E-state index is 10.8. The Morgan fingerprint density at radius 2 is 2.16 bits per heavy atom. The van der Waals surface area contributed by atoms with E-state index < -0.39 is 6.04 Å². The Labute approximate surface area is 152 Å². The van der Waals surface area contributed by atoms with Crippen LogP contribution in [0.15, 0.2) is 40.8 Å². The molecule has 1 atom stereocenters. The van der Waals surface area contributed by atoms with Crippen LogP contribution in [0.5, 0.6) is 0 Å². The zero-order valence-corrected chi connectivity index (χ0v) is 14.6. The number of rotatable bonds is 1. The first kappa shape index (κ1) is 15.8. The molecule has 3 heterocycles. The Morgan fingerprint density at radius 3 is 2.88 bits per heavy atom. The molecule has 2 N–H and O–H groups in total. The fourth-order valence-corrected chi connectivity index (χ4v) is 3.64. The van der Waals surface area contributed by atoms with Crippen molar-refractivity contribution in [1.29, 1.82) is 5.26 Å². The quantitative estimate of drug-likeness (QED) is 0.678. The zero-order chi connectivity index (χ0) is 17.6. The Morgan fingerprint density at radius 1 is 1.32 bits per heavy atom. The third kappa shape index (κ3) is 2.61. The van der Waals surface area contributed by atoms with Crippen LogP contribution >= 0.6 is 22.9 Å². The predicted octanol–water partition coefficient (Wildman–Crippen LogP) is 3.83. The SMILES string of the molecule is CN1NC(c2ccsc2)C(O)=C(C#N)c2nc3cc(Cl)ccc3nc21. The number of anilines is 1. The number of nitriles is 1. The molecule has 25 heavy (non-hydrogen) atoms. The summed E-state index contributed by atoms with van der Waals surface area (Å²) in [6.07, 6.45) is 0. The third-order valence-electron chi connectivity index (χ3n) is 4.00. The molecule has 6 nitrogen and oxygen atoms in total. The highest BCUT2D eigenvalue weighted by Gasteiger charge is 2.30. The normalized spacial score (nSPS) is 17.3. The first-order chi connectivity index (χ1) is 12.1. The molecule has 0 radical (unpaired) electrons. The summed E-state index contributed by atoms with van der Waals surface area (Å²) < 4.78 is 0. The molecule has 124 valence electrons. The van der Waals surface area contributed by atoms with Gasteiger partial charge in [0.15, 0.2) is 5.82 Å². The van der Waals surface area contributed by atoms with E-state index in [0.717, 1.165) is 5.56 Å². The van der Waals surface area contributed by atoms with E-state index in [0.29, 0.717) is 27.6 Å². The fourth-order valence-electron chi connectivity index (χ4n) is 2.78. The van der Waals surface area contributed by atoms with Crippen molar-refractivity contribution in [3.63, 3.8) is 0 Å². The number of allylic oxidation sites excluding steroid dienone is 1. The lowest BCUT2D eigenvalue weighted by molar-refractivity contribution is 0.347. The van der Waals surface area contributed by atoms with Gasteiger partial charge in [0.05, 0.1) is 11.0 Å². The summed E-state index contributed by atoms with van der Waals surface area (Å²) in [6.45, 7) is 0. The van der Waals surface area contributed by atoms with E-state index in [1.54, 1.807) is 30.3 Å². The molecule has 0 fully saturated rings. The summed E-state index contributed by atoms with van der Waals surface area (Å²) in [6, 6.07) is 8.62. The lowest BCUT2D eigenvalue weighted by Crippen LogP contribution is -2.38. The van der Waals surface area contributed by atoms with Crippen molar-refractivity contribution in [2.24, 2.45) is 0 Å². The van der Waals surface area contributed by atoms with Gasteiger partial charge in [-0.1, -0.05) is 11.6 Å². The van der Waals surface area contributed by atoms with Crippen LogP contribution in [0.4, 0.5) is 5.82 Å². The first-order valence-corrected chi connectivity index (χ1v) is 8.73. The standard InChI is InChI=1S/C17H12ClN5OS/c1-23-17-15(20-13-6-10(18)2-3-12(13)21-17)11(7-19)16(24)14(22-23)9-4-5-25-8-9/h2-6,8,14,22,24H,1H3. The van der Waals surface area contributed by atoms with E-state index in [1.165, 1.54) is 11.3 Å². The molecule has 3 aromatic rings. The van der Waals surface area contributed by atoms with Crippen molar-refractivity contribution < 1.29 is 5.11 Å². The summed E-state index contributed by atoms with van der Waals surface area (Å²) in [5.74, 6) is 0.387. The second-order valence-electron chi connectivity index (χ2n) is 5.58. The van der Waals surface area contributed by atoms with E-state index in [2.05, 4.69) is 21.5 Å². The van der Waals surface area contributed by atoms with E-state index in [9.17, 15) is 10.4 Å². The van der Waals surface area contributed by atoms with Crippen molar-refractivity contribution in [3.05, 3.63) is 57.1 Å². The van der Waals surface area contributed by atoms with Crippen LogP contribution in [0.3, 0.4) is 0 Å². The van der Waals surface area contributed by atoms with Crippen LogP contribution in [0.25, 0.3) is 16.6 Å². The zero-order valence-electron chi connectivity index (χ0n) is 13.1. The smallest absolute Gasteiger partial charge is 0.170 e. The monoisotopic (exact) mass is 369 g/mol. The second-order valence-corrected chi connectivity index (χ2v) is 6.80. The summed E-state index contributed by atoms with van der Waals surface area (Å²) >= 11 is 7.56. The largest absolute Gasteiger partial charge is 0.509 e. The van der Waals surface area contributed by atoms with Gasteiger partial charge in [0.25, 0.3) is 0 Å². The number of fused-ring (bicyclic) bond motifs is 2. The number of thiophene rings is 1. The van der Waals surface area contributed by atoms with Gasteiger partial charge in [-0.3, -0.25) is 5.01 Å². The Balaban J connectivity index is 1.98. The summed E-state index contributed by atoms with van der Waals surface area (Å²) in [5.41, 5.74) is 5.68. The molecule has 2 aromatic heterocycles. The molecule has 0 saturated heterocycles. The molecular weight excluding hydrogens is 358 g/mol.